The van der Waals surface area contributed by atoms with Crippen molar-refractivity contribution in [2.24, 2.45) is 4.99 Å². The fourth-order valence-electron chi connectivity index (χ4n) is 2.26. The number of methoxy groups -OCH3 is 2. The Morgan fingerprint density at radius 2 is 1.92 bits per heavy atom. The number of halogens is 2. The Bertz CT molecular complexity index is 929. The molecule has 2 aromatic carbocycles. The van der Waals surface area contributed by atoms with Crippen LogP contribution in [0.1, 0.15) is 5.56 Å². The van der Waals surface area contributed by atoms with E-state index >= 15 is 0 Å². The number of amidine groups is 1. The van der Waals surface area contributed by atoms with Gasteiger partial charge in [0, 0.05) is 10.6 Å². The van der Waals surface area contributed by atoms with Crippen LogP contribution in [0.5, 0.6) is 11.5 Å². The molecule has 0 aromatic heterocycles. The van der Waals surface area contributed by atoms with Crippen LogP contribution in [0.25, 0.3) is 6.08 Å². The van der Waals surface area contributed by atoms with E-state index < -0.39 is 0 Å². The number of nitrogens with zero attached hydrogens (tertiary/aromatic N) is 1. The van der Waals surface area contributed by atoms with E-state index in [4.69, 9.17) is 32.7 Å². The SMILES string of the molecule is COc1ccc(OC)c(/C=C2/SC(=Nc3ccc(Cl)cc3Cl)NC2=O)c1. The minimum atomic E-state index is -0.247. The second kappa shape index (κ2) is 8.03. The topological polar surface area (TPSA) is 59.9 Å². The molecule has 1 saturated heterocycles. The number of thioether (sulfide) groups is 1. The fraction of sp³-hybridized carbons (Fsp3) is 0.111. The Hall–Kier alpha value is -2.15. The average molecular weight is 409 g/mol. The van der Waals surface area contributed by atoms with Gasteiger partial charge in [-0.2, -0.15) is 0 Å². The van der Waals surface area contributed by atoms with E-state index in [1.165, 1.54) is 11.8 Å². The maximum atomic E-state index is 12.3. The molecule has 1 aliphatic rings. The zero-order valence-corrected chi connectivity index (χ0v) is 16.2. The highest BCUT2D eigenvalue weighted by atomic mass is 35.5. The van der Waals surface area contributed by atoms with Gasteiger partial charge in [0.05, 0.1) is 29.8 Å². The van der Waals surface area contributed by atoms with E-state index in [0.29, 0.717) is 37.3 Å². The number of rotatable bonds is 4. The summed E-state index contributed by atoms with van der Waals surface area (Å²) >= 11 is 13.2. The van der Waals surface area contributed by atoms with Crippen LogP contribution in [0.2, 0.25) is 10.0 Å². The highest BCUT2D eigenvalue weighted by Crippen LogP contribution is 2.34. The lowest BCUT2D eigenvalue weighted by Gasteiger charge is -2.07. The van der Waals surface area contributed by atoms with Crippen LogP contribution >= 0.6 is 35.0 Å². The molecule has 0 saturated carbocycles. The number of amides is 1. The third-order valence-corrected chi connectivity index (χ3v) is 4.95. The summed E-state index contributed by atoms with van der Waals surface area (Å²) in [6, 6.07) is 10.3. The van der Waals surface area contributed by atoms with Gasteiger partial charge in [0.25, 0.3) is 5.91 Å². The quantitative estimate of drug-likeness (QED) is 0.730. The van der Waals surface area contributed by atoms with Crippen molar-refractivity contribution >= 4 is 57.8 Å². The zero-order valence-electron chi connectivity index (χ0n) is 13.9. The van der Waals surface area contributed by atoms with Crippen molar-refractivity contribution in [3.63, 3.8) is 0 Å². The fourth-order valence-corrected chi connectivity index (χ4v) is 3.53. The number of ether oxygens (including phenoxy) is 2. The largest absolute Gasteiger partial charge is 0.497 e. The van der Waals surface area contributed by atoms with Crippen molar-refractivity contribution in [3.8, 4) is 11.5 Å². The molecule has 1 aliphatic heterocycles. The predicted molar refractivity (Wildman–Crippen MR) is 107 cm³/mol. The van der Waals surface area contributed by atoms with Gasteiger partial charge in [-0.05, 0) is 54.2 Å². The molecule has 2 aromatic rings. The van der Waals surface area contributed by atoms with Crippen LogP contribution in [-0.2, 0) is 4.79 Å². The standard InChI is InChI=1S/C18H14Cl2N2O3S/c1-24-12-4-6-15(25-2)10(7-12)8-16-17(23)22-18(26-16)21-14-5-3-11(19)9-13(14)20/h3-9H,1-2H3,(H,21,22,23)/b16-8+. The van der Waals surface area contributed by atoms with E-state index in [1.807, 2.05) is 0 Å². The van der Waals surface area contributed by atoms with Gasteiger partial charge in [-0.3, -0.25) is 4.79 Å². The van der Waals surface area contributed by atoms with Crippen LogP contribution in [0.4, 0.5) is 5.69 Å². The summed E-state index contributed by atoms with van der Waals surface area (Å²) in [4.78, 5) is 17.1. The van der Waals surface area contributed by atoms with Crippen molar-refractivity contribution in [1.29, 1.82) is 0 Å². The highest BCUT2D eigenvalue weighted by molar-refractivity contribution is 8.18. The number of aliphatic imine (C=N–C) groups is 1. The first-order chi connectivity index (χ1) is 12.5. The summed E-state index contributed by atoms with van der Waals surface area (Å²) in [5.41, 5.74) is 1.26. The number of carbonyl (C=O) groups excluding carboxylic acids is 1. The van der Waals surface area contributed by atoms with Gasteiger partial charge in [-0.1, -0.05) is 23.2 Å². The van der Waals surface area contributed by atoms with E-state index in [1.54, 1.807) is 56.7 Å². The van der Waals surface area contributed by atoms with E-state index in [-0.39, 0.29) is 5.91 Å². The average Bonchev–Trinajstić information content (AvgIpc) is 2.96. The molecule has 0 unspecified atom stereocenters. The maximum Gasteiger partial charge on any atom is 0.264 e. The van der Waals surface area contributed by atoms with Gasteiger partial charge in [0.15, 0.2) is 5.17 Å². The van der Waals surface area contributed by atoms with Crippen molar-refractivity contribution in [3.05, 3.63) is 56.9 Å². The van der Waals surface area contributed by atoms with Crippen LogP contribution in [-0.4, -0.2) is 25.3 Å². The predicted octanol–water partition coefficient (Wildman–Crippen LogP) is 4.90. The second-order valence-electron chi connectivity index (χ2n) is 5.19. The summed E-state index contributed by atoms with van der Waals surface area (Å²) in [6.07, 6.45) is 1.73. The molecule has 1 N–H and O–H groups in total. The number of benzene rings is 2. The number of hydrogen-bond donors (Lipinski definition) is 1. The molecule has 3 rings (SSSR count). The van der Waals surface area contributed by atoms with Crippen LogP contribution in [0.15, 0.2) is 46.3 Å². The molecule has 134 valence electrons. The molecule has 0 aliphatic carbocycles. The lowest BCUT2D eigenvalue weighted by molar-refractivity contribution is -0.115. The van der Waals surface area contributed by atoms with Crippen molar-refractivity contribution < 1.29 is 14.3 Å². The number of carbonyl (C=O) groups is 1. The Balaban J connectivity index is 1.90. The minimum Gasteiger partial charge on any atom is -0.497 e. The first-order valence-electron chi connectivity index (χ1n) is 7.47. The highest BCUT2D eigenvalue weighted by Gasteiger charge is 2.24. The van der Waals surface area contributed by atoms with Gasteiger partial charge >= 0.3 is 0 Å². The van der Waals surface area contributed by atoms with Crippen LogP contribution < -0.4 is 14.8 Å². The molecule has 1 heterocycles. The molecule has 0 radical (unpaired) electrons. The van der Waals surface area contributed by atoms with Gasteiger partial charge in [0.1, 0.15) is 11.5 Å². The summed E-state index contributed by atoms with van der Waals surface area (Å²) in [7, 11) is 3.15. The molecule has 5 nitrogen and oxygen atoms in total. The first kappa shape index (κ1) is 18.6. The lowest BCUT2D eigenvalue weighted by Crippen LogP contribution is -2.19. The Labute approximate surface area is 165 Å². The second-order valence-corrected chi connectivity index (χ2v) is 7.06. The Morgan fingerprint density at radius 1 is 1.12 bits per heavy atom. The van der Waals surface area contributed by atoms with Gasteiger partial charge in [0.2, 0.25) is 0 Å². The van der Waals surface area contributed by atoms with Crippen molar-refractivity contribution in [1.82, 2.24) is 5.32 Å². The summed E-state index contributed by atoms with van der Waals surface area (Å²) in [5, 5.41) is 4.09. The molecule has 26 heavy (non-hydrogen) atoms. The molecule has 0 atom stereocenters. The lowest BCUT2D eigenvalue weighted by atomic mass is 10.1. The van der Waals surface area contributed by atoms with Crippen molar-refractivity contribution in [2.75, 3.05) is 14.2 Å². The summed E-state index contributed by atoms with van der Waals surface area (Å²) in [6.45, 7) is 0. The first-order valence-corrected chi connectivity index (χ1v) is 9.04. The third kappa shape index (κ3) is 4.15. The number of hydrogen-bond acceptors (Lipinski definition) is 5. The van der Waals surface area contributed by atoms with Crippen LogP contribution in [0.3, 0.4) is 0 Å². The smallest absolute Gasteiger partial charge is 0.264 e. The monoisotopic (exact) mass is 408 g/mol. The van der Waals surface area contributed by atoms with Gasteiger partial charge < -0.3 is 14.8 Å². The number of nitrogens with one attached hydrogen (secondary N) is 1. The molecule has 0 bridgehead atoms. The third-order valence-electron chi connectivity index (χ3n) is 3.51. The zero-order chi connectivity index (χ0) is 18.7. The van der Waals surface area contributed by atoms with Gasteiger partial charge in [-0.25, -0.2) is 4.99 Å². The normalized spacial score (nSPS) is 16.8. The molecule has 0 spiro atoms. The maximum absolute atomic E-state index is 12.3. The van der Waals surface area contributed by atoms with Crippen molar-refractivity contribution in [2.45, 2.75) is 0 Å². The molecular formula is C18H14Cl2N2O3S. The Kier molecular flexibility index (Phi) is 5.76. The molecular weight excluding hydrogens is 395 g/mol. The summed E-state index contributed by atoms with van der Waals surface area (Å²) < 4.78 is 10.6. The Morgan fingerprint density at radius 3 is 2.62 bits per heavy atom. The van der Waals surface area contributed by atoms with E-state index in [2.05, 4.69) is 10.3 Å². The molecule has 1 fully saturated rings. The van der Waals surface area contributed by atoms with E-state index in [9.17, 15) is 4.79 Å². The van der Waals surface area contributed by atoms with Gasteiger partial charge in [-0.15, -0.1) is 0 Å². The molecule has 1 amide bonds. The summed E-state index contributed by atoms with van der Waals surface area (Å²) in [5.74, 6) is 1.06. The minimum absolute atomic E-state index is 0.247. The van der Waals surface area contributed by atoms with Crippen LogP contribution in [0, 0.1) is 0 Å². The van der Waals surface area contributed by atoms with E-state index in [0.717, 1.165) is 5.56 Å². The molecule has 8 heteroatoms.